The fourth-order valence-electron chi connectivity index (χ4n) is 2.18. The van der Waals surface area contributed by atoms with E-state index in [0.717, 1.165) is 0 Å². The highest BCUT2D eigenvalue weighted by molar-refractivity contribution is 7.80. The Morgan fingerprint density at radius 3 is 2.46 bits per heavy atom. The van der Waals surface area contributed by atoms with Crippen molar-refractivity contribution in [1.29, 1.82) is 0 Å². The number of amides is 1. The Labute approximate surface area is 166 Å². The topological polar surface area (TPSA) is 112 Å². The molecule has 2 N–H and O–H groups in total. The van der Waals surface area contributed by atoms with Crippen LogP contribution >= 0.6 is 12.2 Å². The molecular formula is C18H19N3O6S. The zero-order chi connectivity index (χ0) is 20.5. The highest BCUT2D eigenvalue weighted by atomic mass is 32.1. The summed E-state index contributed by atoms with van der Waals surface area (Å²) in [5, 5.41) is 16.2. The Bertz CT molecular complexity index is 857. The van der Waals surface area contributed by atoms with E-state index in [1.807, 2.05) is 0 Å². The number of nitro groups is 1. The molecule has 0 radical (unpaired) electrons. The van der Waals surface area contributed by atoms with Crippen molar-refractivity contribution >= 4 is 34.6 Å². The molecule has 0 fully saturated rings. The van der Waals surface area contributed by atoms with E-state index in [2.05, 4.69) is 10.6 Å². The van der Waals surface area contributed by atoms with Crippen LogP contribution in [0.2, 0.25) is 0 Å². The molecule has 0 heterocycles. The first-order valence-electron chi connectivity index (χ1n) is 8.11. The average Bonchev–Trinajstić information content (AvgIpc) is 2.68. The summed E-state index contributed by atoms with van der Waals surface area (Å²) in [6, 6.07) is 10.5. The van der Waals surface area contributed by atoms with Crippen molar-refractivity contribution < 1.29 is 23.9 Å². The Morgan fingerprint density at radius 1 is 1.14 bits per heavy atom. The van der Waals surface area contributed by atoms with Crippen molar-refractivity contribution in [3.8, 4) is 11.5 Å². The monoisotopic (exact) mass is 405 g/mol. The largest absolute Gasteiger partial charge is 0.495 e. The average molecular weight is 405 g/mol. The summed E-state index contributed by atoms with van der Waals surface area (Å²) in [6.07, 6.45) is 0. The molecule has 0 aliphatic carbocycles. The van der Waals surface area contributed by atoms with E-state index in [9.17, 15) is 14.9 Å². The summed E-state index contributed by atoms with van der Waals surface area (Å²) in [6.45, 7) is 0.865. The molecule has 0 spiro atoms. The number of carbonyl (C=O) groups is 1. The van der Waals surface area contributed by atoms with Gasteiger partial charge in [0, 0.05) is 24.8 Å². The SMILES string of the molecule is COCCOc1ccc(C(=O)NC(=S)Nc2cc([N+](=O)[O-])ccc2OC)cc1. The van der Waals surface area contributed by atoms with E-state index in [1.165, 1.54) is 25.3 Å². The number of rotatable bonds is 8. The summed E-state index contributed by atoms with van der Waals surface area (Å²) in [5.74, 6) is 0.515. The number of thiocarbonyl (C=S) groups is 1. The van der Waals surface area contributed by atoms with Gasteiger partial charge in [0.15, 0.2) is 5.11 Å². The number of nitrogens with one attached hydrogen (secondary N) is 2. The minimum Gasteiger partial charge on any atom is -0.495 e. The minimum atomic E-state index is -0.539. The fourth-order valence-corrected chi connectivity index (χ4v) is 2.38. The number of anilines is 1. The zero-order valence-electron chi connectivity index (χ0n) is 15.3. The van der Waals surface area contributed by atoms with Crippen molar-refractivity contribution in [2.45, 2.75) is 0 Å². The van der Waals surface area contributed by atoms with Gasteiger partial charge >= 0.3 is 0 Å². The van der Waals surface area contributed by atoms with E-state index in [-0.39, 0.29) is 16.5 Å². The molecule has 0 aliphatic heterocycles. The maximum Gasteiger partial charge on any atom is 0.271 e. The third-order valence-corrected chi connectivity index (χ3v) is 3.75. The molecule has 0 unspecified atom stereocenters. The molecule has 0 aromatic heterocycles. The van der Waals surface area contributed by atoms with Crippen LogP contribution in [0.5, 0.6) is 11.5 Å². The van der Waals surface area contributed by atoms with Gasteiger partial charge in [-0.1, -0.05) is 0 Å². The maximum absolute atomic E-state index is 12.3. The standard InChI is InChI=1S/C18H19N3O6S/c1-25-9-10-27-14-6-3-12(4-7-14)17(22)20-18(28)19-15-11-13(21(23)24)5-8-16(15)26-2/h3-8,11H,9-10H2,1-2H3,(H2,19,20,22,28). The summed E-state index contributed by atoms with van der Waals surface area (Å²) in [7, 11) is 3.00. The van der Waals surface area contributed by atoms with Gasteiger partial charge in [-0.05, 0) is 42.5 Å². The third-order valence-electron chi connectivity index (χ3n) is 3.54. The molecule has 0 bridgehead atoms. The summed E-state index contributed by atoms with van der Waals surface area (Å²) < 4.78 is 15.5. The Balaban J connectivity index is 2.00. The third kappa shape index (κ3) is 5.89. The Kier molecular flexibility index (Phi) is 7.66. The van der Waals surface area contributed by atoms with Crippen LogP contribution in [0.4, 0.5) is 11.4 Å². The normalized spacial score (nSPS) is 10.1. The lowest BCUT2D eigenvalue weighted by Gasteiger charge is -2.13. The molecule has 0 saturated heterocycles. The van der Waals surface area contributed by atoms with Crippen LogP contribution in [0.25, 0.3) is 0 Å². The van der Waals surface area contributed by atoms with Crippen molar-refractivity contribution in [2.75, 3.05) is 32.8 Å². The van der Waals surface area contributed by atoms with Gasteiger partial charge in [-0.15, -0.1) is 0 Å². The number of carbonyl (C=O) groups excluding carboxylic acids is 1. The Morgan fingerprint density at radius 2 is 1.86 bits per heavy atom. The van der Waals surface area contributed by atoms with Crippen molar-refractivity contribution in [1.82, 2.24) is 5.32 Å². The molecule has 2 rings (SSSR count). The van der Waals surface area contributed by atoms with Crippen LogP contribution < -0.4 is 20.1 Å². The summed E-state index contributed by atoms with van der Waals surface area (Å²) >= 11 is 5.12. The molecule has 0 saturated carbocycles. The molecule has 1 amide bonds. The maximum atomic E-state index is 12.3. The van der Waals surface area contributed by atoms with Gasteiger partial charge in [0.2, 0.25) is 0 Å². The number of methoxy groups -OCH3 is 2. The number of nitrogens with zero attached hydrogens (tertiary/aromatic N) is 1. The highest BCUT2D eigenvalue weighted by Gasteiger charge is 2.14. The van der Waals surface area contributed by atoms with E-state index >= 15 is 0 Å². The van der Waals surface area contributed by atoms with E-state index < -0.39 is 10.8 Å². The second-order valence-corrected chi connectivity index (χ2v) is 5.82. The lowest BCUT2D eigenvalue weighted by molar-refractivity contribution is -0.384. The number of non-ortho nitro benzene ring substituents is 1. The van der Waals surface area contributed by atoms with Crippen LogP contribution in [0.15, 0.2) is 42.5 Å². The molecule has 0 atom stereocenters. The lowest BCUT2D eigenvalue weighted by Crippen LogP contribution is -2.34. The number of ether oxygens (including phenoxy) is 3. The van der Waals surface area contributed by atoms with Crippen molar-refractivity contribution in [3.63, 3.8) is 0 Å². The van der Waals surface area contributed by atoms with Gasteiger partial charge in [-0.25, -0.2) is 0 Å². The summed E-state index contributed by atoms with van der Waals surface area (Å²) in [5.41, 5.74) is 0.500. The molecular weight excluding hydrogens is 386 g/mol. The van der Waals surface area contributed by atoms with Gasteiger partial charge in [-0.2, -0.15) is 0 Å². The van der Waals surface area contributed by atoms with Gasteiger partial charge in [0.1, 0.15) is 18.1 Å². The quantitative estimate of drug-likeness (QED) is 0.298. The Hall–Kier alpha value is -3.24. The second-order valence-electron chi connectivity index (χ2n) is 5.42. The fraction of sp³-hybridized carbons (Fsp3) is 0.222. The van der Waals surface area contributed by atoms with Crippen LogP contribution in [-0.2, 0) is 4.74 Å². The lowest BCUT2D eigenvalue weighted by atomic mass is 10.2. The first-order valence-corrected chi connectivity index (χ1v) is 8.52. The van der Waals surface area contributed by atoms with Crippen LogP contribution in [-0.4, -0.2) is 43.4 Å². The number of hydrogen-bond acceptors (Lipinski definition) is 7. The highest BCUT2D eigenvalue weighted by Crippen LogP contribution is 2.28. The van der Waals surface area contributed by atoms with E-state index in [1.54, 1.807) is 31.4 Å². The smallest absolute Gasteiger partial charge is 0.271 e. The first-order chi connectivity index (χ1) is 13.4. The van der Waals surface area contributed by atoms with E-state index in [4.69, 9.17) is 26.4 Å². The number of nitro benzene ring substituents is 1. The minimum absolute atomic E-state index is 0.0239. The number of hydrogen-bond donors (Lipinski definition) is 2. The molecule has 0 aliphatic rings. The van der Waals surface area contributed by atoms with Gasteiger partial charge in [0.25, 0.3) is 11.6 Å². The molecule has 28 heavy (non-hydrogen) atoms. The predicted molar refractivity (Wildman–Crippen MR) is 107 cm³/mol. The van der Waals surface area contributed by atoms with Gasteiger partial charge in [-0.3, -0.25) is 20.2 Å². The molecule has 2 aromatic carbocycles. The molecule has 2 aromatic rings. The molecule has 9 nitrogen and oxygen atoms in total. The van der Waals surface area contributed by atoms with Crippen molar-refractivity contribution in [2.24, 2.45) is 0 Å². The van der Waals surface area contributed by atoms with Crippen LogP contribution in [0, 0.1) is 10.1 Å². The van der Waals surface area contributed by atoms with Gasteiger partial charge < -0.3 is 19.5 Å². The van der Waals surface area contributed by atoms with Crippen LogP contribution in [0.1, 0.15) is 10.4 Å². The first kappa shape index (κ1) is 21.1. The van der Waals surface area contributed by atoms with E-state index in [0.29, 0.717) is 30.3 Å². The predicted octanol–water partition coefficient (Wildman–Crippen LogP) is 2.76. The second kappa shape index (κ2) is 10.2. The zero-order valence-corrected chi connectivity index (χ0v) is 16.1. The number of benzene rings is 2. The van der Waals surface area contributed by atoms with Crippen molar-refractivity contribution in [3.05, 3.63) is 58.1 Å². The van der Waals surface area contributed by atoms with Gasteiger partial charge in [0.05, 0.1) is 24.3 Å². The molecule has 10 heteroatoms. The van der Waals surface area contributed by atoms with Crippen LogP contribution in [0.3, 0.4) is 0 Å². The molecule has 148 valence electrons. The summed E-state index contributed by atoms with van der Waals surface area (Å²) in [4.78, 5) is 22.7.